The van der Waals surface area contributed by atoms with Crippen LogP contribution in [-0.4, -0.2) is 69.9 Å². The van der Waals surface area contributed by atoms with Gasteiger partial charge in [0.15, 0.2) is 11.5 Å². The first-order valence-corrected chi connectivity index (χ1v) is 10.1. The number of hydrogen-bond acceptors (Lipinski definition) is 8. The predicted octanol–water partition coefficient (Wildman–Crippen LogP) is 2.42. The third kappa shape index (κ3) is 5.27. The largest absolute Gasteiger partial charge is 0.497 e. The number of ether oxygens (including phenoxy) is 4. The molecule has 1 aliphatic heterocycles. The molecule has 1 saturated heterocycles. The fraction of sp³-hybridized carbons (Fsp3) is 0.409. The van der Waals surface area contributed by atoms with Crippen molar-refractivity contribution in [3.63, 3.8) is 0 Å². The molecular formula is C22H27N3O7. The Morgan fingerprint density at radius 3 is 2.44 bits per heavy atom. The molecule has 2 aromatic carbocycles. The molecule has 1 heterocycles. The summed E-state index contributed by atoms with van der Waals surface area (Å²) < 4.78 is 21.1. The minimum atomic E-state index is -0.613. The lowest BCUT2D eigenvalue weighted by atomic mass is 10.0. The van der Waals surface area contributed by atoms with Gasteiger partial charge in [0.1, 0.15) is 11.3 Å². The second-order valence-corrected chi connectivity index (χ2v) is 7.13. The molecule has 0 spiro atoms. The summed E-state index contributed by atoms with van der Waals surface area (Å²) in [5, 5.41) is 14.4. The molecule has 0 bridgehead atoms. The summed E-state index contributed by atoms with van der Waals surface area (Å²) in [7, 11) is 4.38. The first-order chi connectivity index (χ1) is 15.5. The number of carbonyl (C=O) groups is 1. The average Bonchev–Trinajstić information content (AvgIpc) is 2.83. The van der Waals surface area contributed by atoms with E-state index in [1.807, 2.05) is 24.3 Å². The molecule has 1 aliphatic rings. The Bertz CT molecular complexity index is 961. The van der Waals surface area contributed by atoms with E-state index in [9.17, 15) is 14.9 Å². The highest BCUT2D eigenvalue weighted by atomic mass is 16.6. The molecule has 1 fully saturated rings. The number of benzene rings is 2. The van der Waals surface area contributed by atoms with Crippen LogP contribution in [0, 0.1) is 10.1 Å². The number of nitrogens with one attached hydrogen (secondary N) is 1. The fourth-order valence-electron chi connectivity index (χ4n) is 3.68. The van der Waals surface area contributed by atoms with Gasteiger partial charge in [-0.3, -0.25) is 19.8 Å². The summed E-state index contributed by atoms with van der Waals surface area (Å²) in [6.07, 6.45) is 0. The molecule has 2 aromatic rings. The normalized spacial score (nSPS) is 15.0. The monoisotopic (exact) mass is 445 g/mol. The Balaban J connectivity index is 1.87. The molecule has 1 atom stereocenters. The Labute approximate surface area is 186 Å². The average molecular weight is 445 g/mol. The van der Waals surface area contributed by atoms with Gasteiger partial charge in [0.25, 0.3) is 11.6 Å². The number of nitrogens with zero attached hydrogens (tertiary/aromatic N) is 2. The Hall–Kier alpha value is -3.37. The lowest BCUT2D eigenvalue weighted by molar-refractivity contribution is -0.385. The van der Waals surface area contributed by atoms with E-state index < -0.39 is 10.8 Å². The topological polar surface area (TPSA) is 112 Å². The van der Waals surface area contributed by atoms with Crippen LogP contribution in [0.2, 0.25) is 0 Å². The summed E-state index contributed by atoms with van der Waals surface area (Å²) >= 11 is 0. The van der Waals surface area contributed by atoms with Gasteiger partial charge in [-0.15, -0.1) is 0 Å². The second-order valence-electron chi connectivity index (χ2n) is 7.13. The zero-order valence-corrected chi connectivity index (χ0v) is 18.3. The van der Waals surface area contributed by atoms with Crippen molar-refractivity contribution >= 4 is 11.6 Å². The maximum Gasteiger partial charge on any atom is 0.286 e. The van der Waals surface area contributed by atoms with Gasteiger partial charge in [0.2, 0.25) is 0 Å². The molecule has 32 heavy (non-hydrogen) atoms. The Morgan fingerprint density at radius 2 is 1.81 bits per heavy atom. The summed E-state index contributed by atoms with van der Waals surface area (Å²) in [5.74, 6) is 0.556. The molecular weight excluding hydrogens is 418 g/mol. The van der Waals surface area contributed by atoms with Gasteiger partial charge in [-0.05, 0) is 17.7 Å². The van der Waals surface area contributed by atoms with Crippen LogP contribution in [0.3, 0.4) is 0 Å². The molecule has 0 saturated carbocycles. The Kier molecular flexibility index (Phi) is 7.85. The molecule has 1 amide bonds. The maximum absolute atomic E-state index is 13.0. The molecule has 0 aliphatic carbocycles. The minimum absolute atomic E-state index is 0.0981. The van der Waals surface area contributed by atoms with Crippen LogP contribution >= 0.6 is 0 Å². The first-order valence-electron chi connectivity index (χ1n) is 10.1. The lowest BCUT2D eigenvalue weighted by Gasteiger charge is -2.35. The van der Waals surface area contributed by atoms with Gasteiger partial charge in [-0.2, -0.15) is 0 Å². The Morgan fingerprint density at radius 1 is 1.12 bits per heavy atom. The van der Waals surface area contributed by atoms with Crippen molar-refractivity contribution < 1.29 is 28.7 Å². The summed E-state index contributed by atoms with van der Waals surface area (Å²) in [4.78, 5) is 26.2. The number of carbonyl (C=O) groups excluding carboxylic acids is 1. The molecule has 0 aromatic heterocycles. The highest BCUT2D eigenvalue weighted by Crippen LogP contribution is 2.34. The standard InChI is InChI=1S/C22H27N3O7/c1-29-16-6-4-5-15(11-16)19(24-7-9-32-10-8-24)14-23-22(26)17-12-20(30-2)21(31-3)13-18(17)25(27)28/h4-6,11-13,19H,7-10,14H2,1-3H3,(H,23,26)/t19-/m0/s1. The van der Waals surface area contributed by atoms with Crippen molar-refractivity contribution in [1.29, 1.82) is 0 Å². The highest BCUT2D eigenvalue weighted by molar-refractivity contribution is 5.99. The number of nitro groups is 1. The molecule has 0 radical (unpaired) electrons. The number of methoxy groups -OCH3 is 3. The van der Waals surface area contributed by atoms with Gasteiger partial charge >= 0.3 is 0 Å². The summed E-state index contributed by atoms with van der Waals surface area (Å²) in [6, 6.07) is 9.99. The minimum Gasteiger partial charge on any atom is -0.497 e. The highest BCUT2D eigenvalue weighted by Gasteiger charge is 2.27. The molecule has 172 valence electrons. The van der Waals surface area contributed by atoms with E-state index in [0.29, 0.717) is 32.1 Å². The van der Waals surface area contributed by atoms with Crippen molar-refractivity contribution in [2.75, 3.05) is 54.2 Å². The van der Waals surface area contributed by atoms with Crippen molar-refractivity contribution in [3.8, 4) is 17.2 Å². The van der Waals surface area contributed by atoms with E-state index in [0.717, 1.165) is 5.56 Å². The molecule has 10 nitrogen and oxygen atoms in total. The van der Waals surface area contributed by atoms with Crippen LogP contribution < -0.4 is 19.5 Å². The number of hydrogen-bond donors (Lipinski definition) is 1. The van der Waals surface area contributed by atoms with E-state index in [-0.39, 0.29) is 35.3 Å². The van der Waals surface area contributed by atoms with E-state index in [1.54, 1.807) is 7.11 Å². The summed E-state index contributed by atoms with van der Waals surface area (Å²) in [6.45, 7) is 2.84. The van der Waals surface area contributed by atoms with Gasteiger partial charge < -0.3 is 24.3 Å². The molecule has 1 N–H and O–H groups in total. The smallest absolute Gasteiger partial charge is 0.286 e. The zero-order valence-electron chi connectivity index (χ0n) is 18.3. The van der Waals surface area contributed by atoms with Crippen LogP contribution in [0.4, 0.5) is 5.69 Å². The molecule has 0 unspecified atom stereocenters. The third-order valence-corrected chi connectivity index (χ3v) is 5.36. The van der Waals surface area contributed by atoms with Gasteiger partial charge in [-0.25, -0.2) is 0 Å². The van der Waals surface area contributed by atoms with Crippen LogP contribution in [0.5, 0.6) is 17.2 Å². The second kappa shape index (κ2) is 10.8. The predicted molar refractivity (Wildman–Crippen MR) is 117 cm³/mol. The van der Waals surface area contributed by atoms with Crippen molar-refractivity contribution in [2.24, 2.45) is 0 Å². The van der Waals surface area contributed by atoms with Crippen LogP contribution in [0.15, 0.2) is 36.4 Å². The van der Waals surface area contributed by atoms with Crippen LogP contribution in [-0.2, 0) is 4.74 Å². The number of nitro benzene ring substituents is 1. The van der Waals surface area contributed by atoms with E-state index >= 15 is 0 Å². The van der Waals surface area contributed by atoms with E-state index in [1.165, 1.54) is 26.4 Å². The van der Waals surface area contributed by atoms with Crippen LogP contribution in [0.25, 0.3) is 0 Å². The number of amides is 1. The van der Waals surface area contributed by atoms with Crippen molar-refractivity contribution in [2.45, 2.75) is 6.04 Å². The number of rotatable bonds is 9. The van der Waals surface area contributed by atoms with Crippen molar-refractivity contribution in [1.82, 2.24) is 10.2 Å². The van der Waals surface area contributed by atoms with Crippen molar-refractivity contribution in [3.05, 3.63) is 57.6 Å². The van der Waals surface area contributed by atoms with Gasteiger partial charge in [0.05, 0.1) is 51.6 Å². The quantitative estimate of drug-likeness (QED) is 0.463. The molecule has 10 heteroatoms. The lowest BCUT2D eigenvalue weighted by Crippen LogP contribution is -2.43. The summed E-state index contributed by atoms with van der Waals surface area (Å²) in [5.41, 5.74) is 0.511. The zero-order chi connectivity index (χ0) is 23.1. The van der Waals surface area contributed by atoms with E-state index in [2.05, 4.69) is 10.2 Å². The van der Waals surface area contributed by atoms with Gasteiger partial charge in [0, 0.05) is 25.7 Å². The fourth-order valence-corrected chi connectivity index (χ4v) is 3.68. The molecule has 3 rings (SSSR count). The number of morpholine rings is 1. The maximum atomic E-state index is 13.0. The third-order valence-electron chi connectivity index (χ3n) is 5.36. The van der Waals surface area contributed by atoms with E-state index in [4.69, 9.17) is 18.9 Å². The van der Waals surface area contributed by atoms with Crippen LogP contribution in [0.1, 0.15) is 22.0 Å². The first kappa shape index (κ1) is 23.3. The van der Waals surface area contributed by atoms with Gasteiger partial charge in [-0.1, -0.05) is 12.1 Å². The SMILES string of the molecule is COc1cccc([C@H](CNC(=O)c2cc(OC)c(OC)cc2[N+](=O)[O-])N2CCOCC2)c1.